The first-order chi connectivity index (χ1) is 6.83. The van der Waals surface area contributed by atoms with Crippen LogP contribution in [0, 0.1) is 0 Å². The minimum absolute atomic E-state index is 0.936. The maximum absolute atomic E-state index is 5.19. The van der Waals surface area contributed by atoms with E-state index in [-0.39, 0.29) is 0 Å². The average Bonchev–Trinajstić information content (AvgIpc) is 2.59. The number of nitrogens with one attached hydrogen (secondary N) is 1. The highest BCUT2D eigenvalue weighted by Gasteiger charge is 2.12. The molecule has 0 heterocycles. The molecule has 0 fully saturated rings. The molecule has 1 aromatic rings. The van der Waals surface area contributed by atoms with E-state index < -0.39 is 0 Å². The molecule has 1 N–H and O–H groups in total. The molecule has 0 saturated heterocycles. The van der Waals surface area contributed by atoms with Gasteiger partial charge in [0.1, 0.15) is 5.75 Å². The molecule has 0 saturated carbocycles. The summed E-state index contributed by atoms with van der Waals surface area (Å²) in [5.41, 5.74) is 4.14. The van der Waals surface area contributed by atoms with Crippen LogP contribution in [0.3, 0.4) is 0 Å². The smallest absolute Gasteiger partial charge is 0.119 e. The maximum atomic E-state index is 5.19. The number of hydrogen-bond donors (Lipinski definition) is 1. The molecule has 2 rings (SSSR count). The minimum Gasteiger partial charge on any atom is -0.497 e. The summed E-state index contributed by atoms with van der Waals surface area (Å²) in [6.45, 7) is 0.969. The lowest BCUT2D eigenvalue weighted by molar-refractivity contribution is 0.414. The third kappa shape index (κ3) is 1.66. The molecule has 0 atom stereocenters. The van der Waals surface area contributed by atoms with Crippen LogP contribution < -0.4 is 10.1 Å². The Balaban J connectivity index is 2.25. The van der Waals surface area contributed by atoms with Crippen LogP contribution in [0.25, 0.3) is 6.08 Å². The third-order valence-corrected chi connectivity index (χ3v) is 2.53. The molecule has 2 nitrogen and oxygen atoms in total. The highest BCUT2D eigenvalue weighted by Crippen LogP contribution is 2.27. The summed E-state index contributed by atoms with van der Waals surface area (Å²) in [6.07, 6.45) is 3.31. The van der Waals surface area contributed by atoms with E-state index in [0.29, 0.717) is 0 Å². The van der Waals surface area contributed by atoms with Gasteiger partial charge in [-0.05, 0) is 36.7 Å². The number of ether oxygens (including phenoxy) is 1. The van der Waals surface area contributed by atoms with E-state index in [1.54, 1.807) is 7.11 Å². The Labute approximate surface area is 84.6 Å². The van der Waals surface area contributed by atoms with Gasteiger partial charge in [-0.15, -0.1) is 0 Å². The van der Waals surface area contributed by atoms with E-state index in [1.807, 2.05) is 13.1 Å². The third-order valence-electron chi connectivity index (χ3n) is 2.53. The molecule has 0 aromatic heterocycles. The van der Waals surface area contributed by atoms with Crippen LogP contribution in [0.5, 0.6) is 5.75 Å². The van der Waals surface area contributed by atoms with Crippen LogP contribution in [0.2, 0.25) is 0 Å². The van der Waals surface area contributed by atoms with Crippen molar-refractivity contribution in [3.8, 4) is 5.75 Å². The number of likely N-dealkylation sites (N-methyl/N-ethyl adjacent to an activating group) is 1. The van der Waals surface area contributed by atoms with E-state index in [2.05, 4.69) is 23.5 Å². The average molecular weight is 189 g/mol. The molecule has 1 aliphatic carbocycles. The first-order valence-electron chi connectivity index (χ1n) is 4.84. The summed E-state index contributed by atoms with van der Waals surface area (Å²) >= 11 is 0. The van der Waals surface area contributed by atoms with Crippen molar-refractivity contribution in [2.45, 2.75) is 6.42 Å². The molecular formula is C12H15NO. The second-order valence-electron chi connectivity index (χ2n) is 3.57. The highest BCUT2D eigenvalue weighted by atomic mass is 16.5. The normalized spacial score (nSPS) is 13.7. The molecule has 0 spiro atoms. The van der Waals surface area contributed by atoms with Crippen molar-refractivity contribution in [1.29, 1.82) is 0 Å². The van der Waals surface area contributed by atoms with Crippen LogP contribution in [0.1, 0.15) is 11.1 Å². The summed E-state index contributed by atoms with van der Waals surface area (Å²) in [5, 5.41) is 3.17. The lowest BCUT2D eigenvalue weighted by Gasteiger charge is -2.02. The fraction of sp³-hybridized carbons (Fsp3) is 0.333. The van der Waals surface area contributed by atoms with Gasteiger partial charge in [0, 0.05) is 6.54 Å². The van der Waals surface area contributed by atoms with Crippen molar-refractivity contribution < 1.29 is 4.74 Å². The molecule has 14 heavy (non-hydrogen) atoms. The van der Waals surface area contributed by atoms with Gasteiger partial charge in [0.05, 0.1) is 7.11 Å². The molecule has 2 heteroatoms. The summed E-state index contributed by atoms with van der Waals surface area (Å²) in [5.74, 6) is 0.936. The molecule has 1 aromatic carbocycles. The van der Waals surface area contributed by atoms with Crippen LogP contribution in [0.4, 0.5) is 0 Å². The zero-order chi connectivity index (χ0) is 9.97. The molecular weight excluding hydrogens is 174 g/mol. The number of benzene rings is 1. The molecule has 0 radical (unpaired) electrons. The van der Waals surface area contributed by atoms with Gasteiger partial charge in [0.15, 0.2) is 0 Å². The summed E-state index contributed by atoms with van der Waals surface area (Å²) in [7, 11) is 3.68. The van der Waals surface area contributed by atoms with E-state index in [9.17, 15) is 0 Å². The topological polar surface area (TPSA) is 21.3 Å². The van der Waals surface area contributed by atoms with Crippen molar-refractivity contribution in [3.63, 3.8) is 0 Å². The Hall–Kier alpha value is -1.28. The van der Waals surface area contributed by atoms with Crippen LogP contribution in [-0.4, -0.2) is 20.7 Å². The lowest BCUT2D eigenvalue weighted by atomic mass is 10.1. The molecule has 0 aliphatic heterocycles. The SMILES string of the molecule is CNCC1=Cc2cc(OC)ccc2C1. The number of hydrogen-bond acceptors (Lipinski definition) is 2. The standard InChI is InChI=1S/C12H15NO/c1-13-8-9-5-10-3-4-12(14-2)7-11(10)6-9/h3-4,6-7,13H,5,8H2,1-2H3. The van der Waals surface area contributed by atoms with Crippen LogP contribution >= 0.6 is 0 Å². The Morgan fingerprint density at radius 1 is 1.43 bits per heavy atom. The van der Waals surface area contributed by atoms with E-state index in [0.717, 1.165) is 18.7 Å². The Kier molecular flexibility index (Phi) is 2.55. The zero-order valence-corrected chi connectivity index (χ0v) is 8.63. The molecule has 0 amide bonds. The van der Waals surface area contributed by atoms with Crippen LogP contribution in [-0.2, 0) is 6.42 Å². The van der Waals surface area contributed by atoms with Gasteiger partial charge in [-0.1, -0.05) is 17.7 Å². The minimum atomic E-state index is 0.936. The first-order valence-corrected chi connectivity index (χ1v) is 4.84. The van der Waals surface area contributed by atoms with Gasteiger partial charge < -0.3 is 10.1 Å². The van der Waals surface area contributed by atoms with Crippen molar-refractivity contribution in [2.75, 3.05) is 20.7 Å². The van der Waals surface area contributed by atoms with Gasteiger partial charge >= 0.3 is 0 Å². The number of fused-ring (bicyclic) bond motifs is 1. The maximum Gasteiger partial charge on any atom is 0.119 e. The van der Waals surface area contributed by atoms with Gasteiger partial charge in [-0.25, -0.2) is 0 Å². The fourth-order valence-corrected chi connectivity index (χ4v) is 1.85. The van der Waals surface area contributed by atoms with Crippen molar-refractivity contribution in [1.82, 2.24) is 5.32 Å². The molecule has 0 unspecified atom stereocenters. The van der Waals surface area contributed by atoms with Crippen molar-refractivity contribution in [3.05, 3.63) is 34.9 Å². The quantitative estimate of drug-likeness (QED) is 0.783. The van der Waals surface area contributed by atoms with Crippen molar-refractivity contribution in [2.24, 2.45) is 0 Å². The second-order valence-corrected chi connectivity index (χ2v) is 3.57. The van der Waals surface area contributed by atoms with Gasteiger partial charge in [-0.2, -0.15) is 0 Å². The molecule has 74 valence electrons. The van der Waals surface area contributed by atoms with E-state index in [1.165, 1.54) is 16.7 Å². The summed E-state index contributed by atoms with van der Waals surface area (Å²) < 4.78 is 5.19. The summed E-state index contributed by atoms with van der Waals surface area (Å²) in [4.78, 5) is 0. The Morgan fingerprint density at radius 3 is 3.00 bits per heavy atom. The molecule has 0 bridgehead atoms. The fourth-order valence-electron chi connectivity index (χ4n) is 1.85. The Morgan fingerprint density at radius 2 is 2.29 bits per heavy atom. The van der Waals surface area contributed by atoms with Gasteiger partial charge in [-0.3, -0.25) is 0 Å². The Bertz CT molecular complexity index is 369. The van der Waals surface area contributed by atoms with E-state index in [4.69, 9.17) is 4.74 Å². The highest BCUT2D eigenvalue weighted by molar-refractivity contribution is 5.65. The van der Waals surface area contributed by atoms with Crippen LogP contribution in [0.15, 0.2) is 23.8 Å². The second kappa shape index (κ2) is 3.84. The van der Waals surface area contributed by atoms with Crippen molar-refractivity contribution >= 4 is 6.08 Å². The predicted molar refractivity (Wildman–Crippen MR) is 58.6 cm³/mol. The predicted octanol–water partition coefficient (Wildman–Crippen LogP) is 1.85. The number of rotatable bonds is 3. The van der Waals surface area contributed by atoms with Gasteiger partial charge in [0.2, 0.25) is 0 Å². The lowest BCUT2D eigenvalue weighted by Crippen LogP contribution is -2.09. The molecule has 1 aliphatic rings. The summed E-state index contributed by atoms with van der Waals surface area (Å²) in [6, 6.07) is 6.26. The first kappa shape index (κ1) is 9.28. The monoisotopic (exact) mass is 189 g/mol. The van der Waals surface area contributed by atoms with E-state index >= 15 is 0 Å². The number of methoxy groups -OCH3 is 1. The largest absolute Gasteiger partial charge is 0.497 e. The van der Waals surface area contributed by atoms with Gasteiger partial charge in [0.25, 0.3) is 0 Å². The zero-order valence-electron chi connectivity index (χ0n) is 8.63.